The number of nitrogens with one attached hydrogen (secondary N) is 2. The van der Waals surface area contributed by atoms with E-state index in [1.54, 1.807) is 6.20 Å². The Bertz CT molecular complexity index is 880. The van der Waals surface area contributed by atoms with E-state index in [1.807, 2.05) is 48.5 Å². The summed E-state index contributed by atoms with van der Waals surface area (Å²) in [5, 5.41) is 6.84. The molecule has 4 rings (SSSR count). The van der Waals surface area contributed by atoms with Crippen LogP contribution >= 0.6 is 0 Å². The van der Waals surface area contributed by atoms with Gasteiger partial charge in [-0.15, -0.1) is 0 Å². The Kier molecular flexibility index (Phi) is 4.21. The van der Waals surface area contributed by atoms with Crippen molar-refractivity contribution in [1.29, 1.82) is 0 Å². The summed E-state index contributed by atoms with van der Waals surface area (Å²) < 4.78 is 5.83. The summed E-state index contributed by atoms with van der Waals surface area (Å²) in [6.07, 6.45) is 2.58. The standard InChI is InChI=1S/C20H19N3O2/c24-20(23-13-17-11-15-5-1-2-9-18(15)25-17)22-12-16-7-3-6-14-8-4-10-21-19(14)16/h1-10,17H,11-13H2,(H2,22,23,24). The van der Waals surface area contributed by atoms with Gasteiger partial charge in [0.05, 0.1) is 12.1 Å². The highest BCUT2D eigenvalue weighted by Crippen LogP contribution is 2.27. The molecule has 126 valence electrons. The van der Waals surface area contributed by atoms with Crippen LogP contribution in [0.5, 0.6) is 5.75 Å². The molecule has 0 saturated heterocycles. The molecule has 3 aromatic rings. The molecule has 1 atom stereocenters. The second kappa shape index (κ2) is 6.81. The van der Waals surface area contributed by atoms with E-state index in [2.05, 4.69) is 21.7 Å². The number of benzene rings is 2. The number of nitrogens with zero attached hydrogens (tertiary/aromatic N) is 1. The molecule has 5 nitrogen and oxygen atoms in total. The first kappa shape index (κ1) is 15.4. The van der Waals surface area contributed by atoms with Crippen molar-refractivity contribution >= 4 is 16.9 Å². The number of ether oxygens (including phenoxy) is 1. The van der Waals surface area contributed by atoms with Gasteiger partial charge >= 0.3 is 6.03 Å². The number of fused-ring (bicyclic) bond motifs is 2. The molecule has 2 N–H and O–H groups in total. The fourth-order valence-electron chi connectivity index (χ4n) is 3.12. The molecule has 0 bridgehead atoms. The van der Waals surface area contributed by atoms with Crippen LogP contribution in [0.25, 0.3) is 10.9 Å². The van der Waals surface area contributed by atoms with Gasteiger partial charge in [-0.3, -0.25) is 4.98 Å². The van der Waals surface area contributed by atoms with Crippen molar-refractivity contribution in [2.75, 3.05) is 6.54 Å². The molecule has 1 aliphatic rings. The van der Waals surface area contributed by atoms with Gasteiger partial charge in [-0.1, -0.05) is 42.5 Å². The number of carbonyl (C=O) groups excluding carboxylic acids is 1. The zero-order valence-corrected chi connectivity index (χ0v) is 13.7. The highest BCUT2D eigenvalue weighted by atomic mass is 16.5. The molecule has 0 saturated carbocycles. The Balaban J connectivity index is 1.30. The normalized spacial score (nSPS) is 15.4. The Hall–Kier alpha value is -3.08. The highest BCUT2D eigenvalue weighted by Gasteiger charge is 2.22. The Morgan fingerprint density at radius 3 is 2.88 bits per heavy atom. The number of rotatable bonds is 4. The topological polar surface area (TPSA) is 63.2 Å². The number of urea groups is 1. The van der Waals surface area contributed by atoms with Gasteiger partial charge in [0.1, 0.15) is 11.9 Å². The summed E-state index contributed by atoms with van der Waals surface area (Å²) in [7, 11) is 0. The van der Waals surface area contributed by atoms with E-state index in [0.717, 1.165) is 28.6 Å². The van der Waals surface area contributed by atoms with E-state index in [0.29, 0.717) is 13.1 Å². The Labute approximate surface area is 146 Å². The summed E-state index contributed by atoms with van der Waals surface area (Å²) in [6.45, 7) is 0.917. The van der Waals surface area contributed by atoms with Gasteiger partial charge in [0, 0.05) is 24.5 Å². The Morgan fingerprint density at radius 1 is 1.08 bits per heavy atom. The average molecular weight is 333 g/mol. The third kappa shape index (κ3) is 3.40. The van der Waals surface area contributed by atoms with E-state index in [1.165, 1.54) is 5.56 Å². The molecule has 0 aliphatic carbocycles. The van der Waals surface area contributed by atoms with Gasteiger partial charge in [0.25, 0.3) is 0 Å². The lowest BCUT2D eigenvalue weighted by Gasteiger charge is -2.13. The zero-order chi connectivity index (χ0) is 17.1. The second-order valence-electron chi connectivity index (χ2n) is 6.11. The molecule has 1 aliphatic heterocycles. The molecule has 2 heterocycles. The lowest BCUT2D eigenvalue weighted by Crippen LogP contribution is -2.40. The first-order valence-corrected chi connectivity index (χ1v) is 8.38. The maximum absolute atomic E-state index is 12.1. The van der Waals surface area contributed by atoms with Crippen LogP contribution in [0.3, 0.4) is 0 Å². The number of hydrogen-bond acceptors (Lipinski definition) is 3. The first-order valence-electron chi connectivity index (χ1n) is 8.38. The number of pyridine rings is 1. The summed E-state index contributed by atoms with van der Waals surface area (Å²) >= 11 is 0. The van der Waals surface area contributed by atoms with E-state index in [-0.39, 0.29) is 12.1 Å². The number of para-hydroxylation sites is 2. The van der Waals surface area contributed by atoms with Crippen molar-refractivity contribution in [3.05, 3.63) is 71.9 Å². The van der Waals surface area contributed by atoms with Gasteiger partial charge < -0.3 is 15.4 Å². The molecule has 5 heteroatoms. The molecule has 0 fully saturated rings. The van der Waals surface area contributed by atoms with Gasteiger partial charge in [0.2, 0.25) is 0 Å². The van der Waals surface area contributed by atoms with Crippen LogP contribution in [0, 0.1) is 0 Å². The van der Waals surface area contributed by atoms with Crippen molar-refractivity contribution in [1.82, 2.24) is 15.6 Å². The molecule has 2 amide bonds. The average Bonchev–Trinajstić information content (AvgIpc) is 3.07. The van der Waals surface area contributed by atoms with Crippen LogP contribution in [0.2, 0.25) is 0 Å². The molecule has 1 aromatic heterocycles. The van der Waals surface area contributed by atoms with Crippen LogP contribution in [0.4, 0.5) is 4.79 Å². The lowest BCUT2D eigenvalue weighted by atomic mass is 10.1. The summed E-state index contributed by atoms with van der Waals surface area (Å²) in [6, 6.07) is 17.7. The molecule has 25 heavy (non-hydrogen) atoms. The van der Waals surface area contributed by atoms with E-state index in [9.17, 15) is 4.79 Å². The second-order valence-corrected chi connectivity index (χ2v) is 6.11. The minimum absolute atomic E-state index is 0.0117. The molecule has 2 aromatic carbocycles. The van der Waals surface area contributed by atoms with E-state index < -0.39 is 0 Å². The molecular formula is C20H19N3O2. The number of carbonyl (C=O) groups is 1. The monoisotopic (exact) mass is 333 g/mol. The minimum atomic E-state index is -0.201. The predicted octanol–water partition coefficient (Wildman–Crippen LogP) is 3.04. The lowest BCUT2D eigenvalue weighted by molar-refractivity contribution is 0.214. The van der Waals surface area contributed by atoms with E-state index >= 15 is 0 Å². The largest absolute Gasteiger partial charge is 0.488 e. The van der Waals surface area contributed by atoms with E-state index in [4.69, 9.17) is 4.74 Å². The fraction of sp³-hybridized carbons (Fsp3) is 0.200. The smallest absolute Gasteiger partial charge is 0.315 e. The van der Waals surface area contributed by atoms with Crippen LogP contribution in [-0.2, 0) is 13.0 Å². The van der Waals surface area contributed by atoms with Crippen LogP contribution < -0.4 is 15.4 Å². The van der Waals surface area contributed by atoms with Crippen molar-refractivity contribution in [2.24, 2.45) is 0 Å². The van der Waals surface area contributed by atoms with Gasteiger partial charge in [-0.2, -0.15) is 0 Å². The zero-order valence-electron chi connectivity index (χ0n) is 13.7. The number of amides is 2. The summed E-state index contributed by atoms with van der Waals surface area (Å²) in [5.41, 5.74) is 3.11. The van der Waals surface area contributed by atoms with Gasteiger partial charge in [0.15, 0.2) is 0 Å². The van der Waals surface area contributed by atoms with Crippen LogP contribution in [0.1, 0.15) is 11.1 Å². The Morgan fingerprint density at radius 2 is 1.96 bits per heavy atom. The third-order valence-corrected chi connectivity index (χ3v) is 4.36. The highest BCUT2D eigenvalue weighted by molar-refractivity contribution is 5.82. The van der Waals surface area contributed by atoms with Crippen molar-refractivity contribution in [3.63, 3.8) is 0 Å². The molecule has 0 radical (unpaired) electrons. The number of hydrogen-bond donors (Lipinski definition) is 2. The molecule has 0 spiro atoms. The summed E-state index contributed by atoms with van der Waals surface area (Å²) in [4.78, 5) is 16.5. The maximum atomic E-state index is 12.1. The molecular weight excluding hydrogens is 314 g/mol. The van der Waals surface area contributed by atoms with Crippen LogP contribution in [0.15, 0.2) is 60.8 Å². The molecule has 1 unspecified atom stereocenters. The van der Waals surface area contributed by atoms with Gasteiger partial charge in [-0.25, -0.2) is 4.79 Å². The first-order chi connectivity index (χ1) is 12.3. The van der Waals surface area contributed by atoms with Gasteiger partial charge in [-0.05, 0) is 23.3 Å². The van der Waals surface area contributed by atoms with Crippen LogP contribution in [-0.4, -0.2) is 23.7 Å². The minimum Gasteiger partial charge on any atom is -0.488 e. The fourth-order valence-corrected chi connectivity index (χ4v) is 3.12. The number of aromatic nitrogens is 1. The van der Waals surface area contributed by atoms with Crippen molar-refractivity contribution in [3.8, 4) is 5.75 Å². The SMILES string of the molecule is O=C(NCc1cccc2cccnc12)NCC1Cc2ccccc2O1. The van der Waals surface area contributed by atoms with Crippen molar-refractivity contribution in [2.45, 2.75) is 19.1 Å². The summed E-state index contributed by atoms with van der Waals surface area (Å²) in [5.74, 6) is 0.913. The van der Waals surface area contributed by atoms with Crippen molar-refractivity contribution < 1.29 is 9.53 Å². The quantitative estimate of drug-likeness (QED) is 0.771. The predicted molar refractivity (Wildman–Crippen MR) is 96.5 cm³/mol. The third-order valence-electron chi connectivity index (χ3n) is 4.36. The maximum Gasteiger partial charge on any atom is 0.315 e.